The predicted molar refractivity (Wildman–Crippen MR) is 130 cm³/mol. The Hall–Kier alpha value is -1.03. The van der Waals surface area contributed by atoms with Gasteiger partial charge in [0.25, 0.3) is 0 Å². The quantitative estimate of drug-likeness (QED) is 0.368. The number of carbonyl (C=O) groups excluding carboxylic acids is 2. The van der Waals surface area contributed by atoms with E-state index in [1.165, 1.54) is 17.8 Å². The highest BCUT2D eigenvalue weighted by atomic mass is 32.2. The lowest BCUT2D eigenvalue weighted by Gasteiger charge is -2.65. The maximum Gasteiger partial charge on any atom is 0.307 e. The molecule has 4 fully saturated rings. The van der Waals surface area contributed by atoms with Gasteiger partial charge in [-0.15, -0.1) is 11.8 Å². The summed E-state index contributed by atoms with van der Waals surface area (Å²) in [6, 6.07) is 0. The van der Waals surface area contributed by atoms with Gasteiger partial charge >= 0.3 is 5.97 Å². The summed E-state index contributed by atoms with van der Waals surface area (Å²) in [5.41, 5.74) is -4.20. The molecule has 0 spiro atoms. The number of carbonyl (C=O) groups is 2. The lowest BCUT2D eigenvalue weighted by atomic mass is 9.43. The molecule has 0 bridgehead atoms. The van der Waals surface area contributed by atoms with Gasteiger partial charge in [-0.2, -0.15) is 0 Å². The van der Waals surface area contributed by atoms with Crippen molar-refractivity contribution in [3.63, 3.8) is 0 Å². The van der Waals surface area contributed by atoms with Crippen molar-refractivity contribution in [2.45, 2.75) is 112 Å². The van der Waals surface area contributed by atoms with Crippen LogP contribution in [0.4, 0.5) is 8.78 Å². The van der Waals surface area contributed by atoms with Crippen LogP contribution < -0.4 is 0 Å². The summed E-state index contributed by atoms with van der Waals surface area (Å²) < 4.78 is 37.1. The van der Waals surface area contributed by atoms with Gasteiger partial charge in [-0.3, -0.25) is 9.59 Å². The Morgan fingerprint density at radius 2 is 1.94 bits per heavy atom. The zero-order valence-electron chi connectivity index (χ0n) is 21.3. The van der Waals surface area contributed by atoms with Crippen LogP contribution in [-0.2, 0) is 14.3 Å². The van der Waals surface area contributed by atoms with Gasteiger partial charge < -0.3 is 20.1 Å². The van der Waals surface area contributed by atoms with Crippen LogP contribution in [0, 0.1) is 22.7 Å². The fraction of sp³-hybridized carbons (Fsp3) is 0.852. The van der Waals surface area contributed by atoms with E-state index in [9.17, 15) is 24.9 Å². The Bertz CT molecular complexity index is 987. The number of ether oxygens (including phenoxy) is 1. The molecule has 9 heteroatoms. The molecule has 36 heavy (non-hydrogen) atoms. The Morgan fingerprint density at radius 1 is 1.22 bits per heavy atom. The molecular formula is C27H38F2O6S. The highest BCUT2D eigenvalue weighted by Crippen LogP contribution is 2.74. The van der Waals surface area contributed by atoms with Gasteiger partial charge in [0, 0.05) is 24.2 Å². The third kappa shape index (κ3) is 3.31. The molecule has 202 valence electrons. The van der Waals surface area contributed by atoms with E-state index < -0.39 is 51.1 Å². The first-order valence-corrected chi connectivity index (χ1v) is 14.2. The monoisotopic (exact) mass is 528 g/mol. The Kier molecular flexibility index (Phi) is 6.26. The van der Waals surface area contributed by atoms with Gasteiger partial charge in [-0.05, 0) is 55.1 Å². The molecule has 1 aliphatic heterocycles. The zero-order chi connectivity index (χ0) is 26.3. The number of rotatable bonds is 5. The summed E-state index contributed by atoms with van der Waals surface area (Å²) in [5.74, 6) is -3.92. The van der Waals surface area contributed by atoms with Crippen LogP contribution >= 0.6 is 11.8 Å². The van der Waals surface area contributed by atoms with E-state index in [-0.39, 0.29) is 67.7 Å². The highest BCUT2D eigenvalue weighted by molar-refractivity contribution is 8.01. The summed E-state index contributed by atoms with van der Waals surface area (Å²) in [5, 5.41) is 34.5. The third-order valence-electron chi connectivity index (χ3n) is 10.6. The van der Waals surface area contributed by atoms with E-state index in [1.54, 1.807) is 6.92 Å². The minimum atomic E-state index is -2.13. The zero-order valence-corrected chi connectivity index (χ0v) is 22.1. The molecular weight excluding hydrogens is 490 g/mol. The summed E-state index contributed by atoms with van der Waals surface area (Å²) in [4.78, 5) is 24.0. The standard InChI is InChI=1S/C27H38F2O6S/c1-4-7-26(33,34)25(36-16-11-22(32)35-14-16)9-6-17-18-12-20(28)19-10-15(30)5-8-23(19,2)27(18,29)21(31)13-24(17,25)3/h10,16-18,20-21,31,33-34H,4-9,11-14H2,1-3H3/t16?,17-,18-,20?,21?,23-,24-,25?,27+/m0/s1. The van der Waals surface area contributed by atoms with E-state index in [1.807, 2.05) is 13.8 Å². The second-order valence-electron chi connectivity index (χ2n) is 12.3. The molecule has 6 nitrogen and oxygen atoms in total. The molecule has 5 rings (SSSR count). The lowest BCUT2D eigenvalue weighted by molar-refractivity contribution is -0.249. The second-order valence-corrected chi connectivity index (χ2v) is 13.9. The van der Waals surface area contributed by atoms with Crippen LogP contribution in [0.25, 0.3) is 0 Å². The lowest BCUT2D eigenvalue weighted by Crippen LogP contribution is -2.72. The average molecular weight is 529 g/mol. The molecule has 1 saturated heterocycles. The summed E-state index contributed by atoms with van der Waals surface area (Å²) in [7, 11) is 0. The topological polar surface area (TPSA) is 104 Å². The van der Waals surface area contributed by atoms with Crippen molar-refractivity contribution in [2.24, 2.45) is 22.7 Å². The number of ketones is 1. The third-order valence-corrected chi connectivity index (χ3v) is 12.6. The van der Waals surface area contributed by atoms with Gasteiger partial charge in [-0.1, -0.05) is 27.2 Å². The van der Waals surface area contributed by atoms with Gasteiger partial charge in [0.2, 0.25) is 0 Å². The molecule has 3 saturated carbocycles. The number of hydrogen-bond acceptors (Lipinski definition) is 7. The van der Waals surface area contributed by atoms with Crippen molar-refractivity contribution in [3.05, 3.63) is 11.6 Å². The Morgan fingerprint density at radius 3 is 2.58 bits per heavy atom. The van der Waals surface area contributed by atoms with Gasteiger partial charge in [0.05, 0.1) is 22.5 Å². The molecule has 3 N–H and O–H groups in total. The van der Waals surface area contributed by atoms with Crippen LogP contribution in [-0.4, -0.2) is 67.4 Å². The van der Waals surface area contributed by atoms with Gasteiger partial charge in [-0.25, -0.2) is 8.78 Å². The first kappa shape index (κ1) is 26.6. The van der Waals surface area contributed by atoms with Crippen LogP contribution in [0.5, 0.6) is 0 Å². The number of aliphatic hydroxyl groups excluding tert-OH is 1. The van der Waals surface area contributed by atoms with Gasteiger partial charge in [0.15, 0.2) is 11.6 Å². The van der Waals surface area contributed by atoms with Crippen LogP contribution in [0.15, 0.2) is 11.6 Å². The maximum atomic E-state index is 17.4. The van der Waals surface area contributed by atoms with E-state index in [0.29, 0.717) is 19.3 Å². The normalized spacial score (nSPS) is 48.7. The van der Waals surface area contributed by atoms with Crippen molar-refractivity contribution in [1.29, 1.82) is 0 Å². The van der Waals surface area contributed by atoms with E-state index >= 15 is 8.78 Å². The first-order valence-electron chi connectivity index (χ1n) is 13.3. The molecule has 0 aromatic heterocycles. The first-order chi connectivity index (χ1) is 16.8. The van der Waals surface area contributed by atoms with E-state index in [2.05, 4.69) is 0 Å². The molecule has 9 atom stereocenters. The minimum absolute atomic E-state index is 0.0143. The number of fused-ring (bicyclic) bond motifs is 5. The number of cyclic esters (lactones) is 1. The average Bonchev–Trinajstić information content (AvgIpc) is 3.33. The molecule has 0 aromatic rings. The smallest absolute Gasteiger partial charge is 0.307 e. The number of alkyl halides is 2. The maximum absolute atomic E-state index is 17.4. The molecule has 0 amide bonds. The number of allylic oxidation sites excluding steroid dienone is 1. The van der Waals surface area contributed by atoms with Crippen molar-refractivity contribution < 1.29 is 38.4 Å². The number of esters is 1. The second kappa shape index (κ2) is 8.48. The van der Waals surface area contributed by atoms with Crippen LogP contribution in [0.3, 0.4) is 0 Å². The minimum Gasteiger partial charge on any atom is -0.464 e. The molecule has 4 aliphatic carbocycles. The van der Waals surface area contributed by atoms with Crippen molar-refractivity contribution in [2.75, 3.05) is 6.61 Å². The highest BCUT2D eigenvalue weighted by Gasteiger charge is 2.77. The molecule has 0 radical (unpaired) electrons. The summed E-state index contributed by atoms with van der Waals surface area (Å²) in [6.07, 6.45) is -0.0459. The predicted octanol–water partition coefficient (Wildman–Crippen LogP) is 3.80. The molecule has 1 heterocycles. The number of thioether (sulfide) groups is 1. The number of aliphatic hydroxyl groups is 3. The summed E-state index contributed by atoms with van der Waals surface area (Å²) >= 11 is 1.33. The van der Waals surface area contributed by atoms with Crippen LogP contribution in [0.1, 0.15) is 78.6 Å². The largest absolute Gasteiger partial charge is 0.464 e. The van der Waals surface area contributed by atoms with Crippen molar-refractivity contribution in [3.8, 4) is 0 Å². The fourth-order valence-corrected chi connectivity index (χ4v) is 10.8. The Balaban J connectivity index is 1.60. The van der Waals surface area contributed by atoms with Crippen LogP contribution in [0.2, 0.25) is 0 Å². The number of halogens is 2. The Labute approximate surface area is 215 Å². The van der Waals surface area contributed by atoms with E-state index in [4.69, 9.17) is 4.74 Å². The number of hydrogen-bond donors (Lipinski definition) is 3. The SMILES string of the molecule is CCCC(O)(O)C1(SC2COC(=O)C2)CC[C@H]2[C@@H]3CC(F)C4=CC(=O)CC[C@]4(C)[C@]3(F)C(O)C[C@@]21C. The summed E-state index contributed by atoms with van der Waals surface area (Å²) in [6.45, 7) is 5.56. The van der Waals surface area contributed by atoms with Crippen molar-refractivity contribution >= 4 is 23.5 Å². The van der Waals surface area contributed by atoms with E-state index in [0.717, 1.165) is 0 Å². The van der Waals surface area contributed by atoms with Crippen molar-refractivity contribution in [1.82, 2.24) is 0 Å². The molecule has 0 aromatic carbocycles. The fourth-order valence-electron chi connectivity index (χ4n) is 8.89. The molecule has 5 aliphatic rings. The molecule has 4 unspecified atom stereocenters. The van der Waals surface area contributed by atoms with Gasteiger partial charge in [0.1, 0.15) is 18.4 Å².